The van der Waals surface area contributed by atoms with Crippen LogP contribution in [0.1, 0.15) is 40.3 Å². The lowest BCUT2D eigenvalue weighted by Gasteiger charge is -2.13. The summed E-state index contributed by atoms with van der Waals surface area (Å²) in [6.45, 7) is 5.73. The highest BCUT2D eigenvalue weighted by atomic mass is 16.5. The maximum absolute atomic E-state index is 11.9. The first-order chi connectivity index (χ1) is 8.56. The average Bonchev–Trinajstić information content (AvgIpc) is 2.76. The second-order valence-corrected chi connectivity index (χ2v) is 4.43. The molecule has 4 nitrogen and oxygen atoms in total. The zero-order valence-electron chi connectivity index (χ0n) is 10.7. The summed E-state index contributed by atoms with van der Waals surface area (Å²) in [6, 6.07) is 9.63. The molecule has 0 aliphatic heterocycles. The van der Waals surface area contributed by atoms with Crippen molar-refractivity contribution in [3.63, 3.8) is 0 Å². The summed E-state index contributed by atoms with van der Waals surface area (Å²) in [5.74, 6) is 0.406. The van der Waals surface area contributed by atoms with Crippen molar-refractivity contribution in [2.45, 2.75) is 26.8 Å². The Labute approximate surface area is 106 Å². The van der Waals surface area contributed by atoms with Crippen molar-refractivity contribution in [1.82, 2.24) is 10.5 Å². The molecule has 94 valence electrons. The van der Waals surface area contributed by atoms with Gasteiger partial charge in [0.05, 0.1) is 6.04 Å². The molecule has 1 N–H and O–H groups in total. The van der Waals surface area contributed by atoms with E-state index in [1.165, 1.54) is 5.56 Å². The predicted octanol–water partition coefficient (Wildman–Crippen LogP) is 2.78. The normalized spacial score (nSPS) is 12.2. The summed E-state index contributed by atoms with van der Waals surface area (Å²) in [7, 11) is 0. The second-order valence-electron chi connectivity index (χ2n) is 4.43. The smallest absolute Gasteiger partial charge is 0.273 e. The van der Waals surface area contributed by atoms with Crippen LogP contribution >= 0.6 is 0 Å². The molecule has 0 fully saturated rings. The number of nitrogens with zero attached hydrogens (tertiary/aromatic N) is 1. The van der Waals surface area contributed by atoms with Crippen molar-refractivity contribution in [3.8, 4) is 0 Å². The van der Waals surface area contributed by atoms with E-state index in [-0.39, 0.29) is 11.9 Å². The van der Waals surface area contributed by atoms with Gasteiger partial charge in [-0.05, 0) is 26.3 Å². The number of benzene rings is 1. The third kappa shape index (κ3) is 2.77. The van der Waals surface area contributed by atoms with Crippen LogP contribution < -0.4 is 5.32 Å². The summed E-state index contributed by atoms with van der Waals surface area (Å²) in [6.07, 6.45) is 0. The number of nitrogens with one attached hydrogen (secondary N) is 1. The zero-order chi connectivity index (χ0) is 13.1. The topological polar surface area (TPSA) is 55.1 Å². The van der Waals surface area contributed by atoms with E-state index in [1.807, 2.05) is 38.1 Å². The number of rotatable bonds is 3. The fourth-order valence-electron chi connectivity index (χ4n) is 1.68. The fraction of sp³-hybridized carbons (Fsp3) is 0.286. The molecule has 0 bridgehead atoms. The molecule has 1 atom stereocenters. The van der Waals surface area contributed by atoms with E-state index in [2.05, 4.69) is 10.5 Å². The Morgan fingerprint density at radius 3 is 2.50 bits per heavy atom. The van der Waals surface area contributed by atoms with Gasteiger partial charge in [0, 0.05) is 6.07 Å². The summed E-state index contributed by atoms with van der Waals surface area (Å²) >= 11 is 0. The molecule has 0 aliphatic rings. The Bertz CT molecular complexity index is 543. The lowest BCUT2D eigenvalue weighted by atomic mass is 10.1. The van der Waals surface area contributed by atoms with Crippen LogP contribution in [0.5, 0.6) is 0 Å². The molecular weight excluding hydrogens is 228 g/mol. The first kappa shape index (κ1) is 12.4. The molecule has 2 aromatic rings. The van der Waals surface area contributed by atoms with Gasteiger partial charge < -0.3 is 9.84 Å². The quantitative estimate of drug-likeness (QED) is 0.903. The first-order valence-corrected chi connectivity index (χ1v) is 5.87. The van der Waals surface area contributed by atoms with Crippen LogP contribution in [0.2, 0.25) is 0 Å². The molecule has 0 unspecified atom stereocenters. The minimum Gasteiger partial charge on any atom is -0.361 e. The monoisotopic (exact) mass is 244 g/mol. The van der Waals surface area contributed by atoms with Crippen LogP contribution in [-0.2, 0) is 0 Å². The van der Waals surface area contributed by atoms with Crippen molar-refractivity contribution in [3.05, 3.63) is 52.9 Å². The predicted molar refractivity (Wildman–Crippen MR) is 68.3 cm³/mol. The van der Waals surface area contributed by atoms with Gasteiger partial charge in [-0.1, -0.05) is 35.0 Å². The third-order valence-electron chi connectivity index (χ3n) is 2.79. The van der Waals surface area contributed by atoms with Crippen molar-refractivity contribution in [2.75, 3.05) is 0 Å². The number of aryl methyl sites for hydroxylation is 2. The molecule has 2 rings (SSSR count). The number of amides is 1. The van der Waals surface area contributed by atoms with Gasteiger partial charge in [-0.15, -0.1) is 0 Å². The zero-order valence-corrected chi connectivity index (χ0v) is 10.7. The van der Waals surface area contributed by atoms with E-state index in [0.29, 0.717) is 11.5 Å². The largest absolute Gasteiger partial charge is 0.361 e. The Hall–Kier alpha value is -2.10. The molecule has 0 saturated carbocycles. The number of carbonyl (C=O) groups excluding carboxylic acids is 1. The van der Waals surface area contributed by atoms with E-state index >= 15 is 0 Å². The average molecular weight is 244 g/mol. The van der Waals surface area contributed by atoms with E-state index in [4.69, 9.17) is 4.52 Å². The molecule has 1 amide bonds. The highest BCUT2D eigenvalue weighted by Gasteiger charge is 2.14. The van der Waals surface area contributed by atoms with Gasteiger partial charge in [0.25, 0.3) is 5.91 Å². The van der Waals surface area contributed by atoms with Crippen LogP contribution in [0.25, 0.3) is 0 Å². The van der Waals surface area contributed by atoms with Crippen molar-refractivity contribution >= 4 is 5.91 Å². The van der Waals surface area contributed by atoms with Gasteiger partial charge in [-0.3, -0.25) is 4.79 Å². The molecule has 18 heavy (non-hydrogen) atoms. The lowest BCUT2D eigenvalue weighted by molar-refractivity contribution is 0.0930. The third-order valence-corrected chi connectivity index (χ3v) is 2.79. The van der Waals surface area contributed by atoms with Crippen LogP contribution in [0.3, 0.4) is 0 Å². The molecule has 1 heterocycles. The fourth-order valence-corrected chi connectivity index (χ4v) is 1.68. The summed E-state index contributed by atoms with van der Waals surface area (Å²) < 4.78 is 4.88. The SMILES string of the molecule is Cc1ccc([C@@H](C)NC(=O)c2cc(C)on2)cc1. The second kappa shape index (κ2) is 5.04. The van der Waals surface area contributed by atoms with Crippen LogP contribution in [0.4, 0.5) is 0 Å². The minimum atomic E-state index is -0.222. The highest BCUT2D eigenvalue weighted by Crippen LogP contribution is 2.14. The van der Waals surface area contributed by atoms with Crippen LogP contribution in [0, 0.1) is 13.8 Å². The van der Waals surface area contributed by atoms with E-state index in [9.17, 15) is 4.79 Å². The van der Waals surface area contributed by atoms with Gasteiger partial charge in [0.2, 0.25) is 0 Å². The number of hydrogen-bond donors (Lipinski definition) is 1. The molecule has 1 aromatic heterocycles. The van der Waals surface area contributed by atoms with Gasteiger partial charge in [-0.25, -0.2) is 0 Å². The standard InChI is InChI=1S/C14H16N2O2/c1-9-4-6-12(7-5-9)11(3)15-14(17)13-8-10(2)18-16-13/h4-8,11H,1-3H3,(H,15,17)/t11-/m1/s1. The van der Waals surface area contributed by atoms with E-state index in [1.54, 1.807) is 13.0 Å². The van der Waals surface area contributed by atoms with Crippen LogP contribution in [-0.4, -0.2) is 11.1 Å². The molecular formula is C14H16N2O2. The highest BCUT2D eigenvalue weighted by molar-refractivity contribution is 5.92. The van der Waals surface area contributed by atoms with Crippen molar-refractivity contribution in [2.24, 2.45) is 0 Å². The molecule has 0 radical (unpaired) electrons. The van der Waals surface area contributed by atoms with E-state index in [0.717, 1.165) is 5.56 Å². The van der Waals surface area contributed by atoms with Gasteiger partial charge in [0.15, 0.2) is 5.69 Å². The maximum Gasteiger partial charge on any atom is 0.273 e. The Kier molecular flexibility index (Phi) is 3.46. The van der Waals surface area contributed by atoms with Gasteiger partial charge in [0.1, 0.15) is 5.76 Å². The number of hydrogen-bond acceptors (Lipinski definition) is 3. The molecule has 4 heteroatoms. The van der Waals surface area contributed by atoms with Crippen molar-refractivity contribution in [1.29, 1.82) is 0 Å². The number of aromatic nitrogens is 1. The Morgan fingerprint density at radius 1 is 1.28 bits per heavy atom. The van der Waals surface area contributed by atoms with Gasteiger partial charge >= 0.3 is 0 Å². The summed E-state index contributed by atoms with van der Waals surface area (Å²) in [5, 5.41) is 6.57. The van der Waals surface area contributed by atoms with Crippen molar-refractivity contribution < 1.29 is 9.32 Å². The minimum absolute atomic E-state index is 0.0601. The maximum atomic E-state index is 11.9. The van der Waals surface area contributed by atoms with E-state index < -0.39 is 0 Å². The van der Waals surface area contributed by atoms with Crippen LogP contribution in [0.15, 0.2) is 34.9 Å². The molecule has 0 spiro atoms. The first-order valence-electron chi connectivity index (χ1n) is 5.87. The Balaban J connectivity index is 2.05. The summed E-state index contributed by atoms with van der Waals surface area (Å²) in [5.41, 5.74) is 2.57. The molecule has 1 aromatic carbocycles. The molecule has 0 aliphatic carbocycles. The lowest BCUT2D eigenvalue weighted by Crippen LogP contribution is -2.26. The Morgan fingerprint density at radius 2 is 1.94 bits per heavy atom. The van der Waals surface area contributed by atoms with Gasteiger partial charge in [-0.2, -0.15) is 0 Å². The molecule has 0 saturated heterocycles. The summed E-state index contributed by atoms with van der Waals surface area (Å²) in [4.78, 5) is 11.9. The number of carbonyl (C=O) groups is 1.